The van der Waals surface area contributed by atoms with Crippen LogP contribution in [-0.4, -0.2) is 91.6 Å². The minimum Gasteiger partial charge on any atom is -0.480 e. The number of hydrogen-bond acceptors (Lipinski definition) is 3. The molecule has 0 aromatic rings. The monoisotopic (exact) mass is 280 g/mol. The summed E-state index contributed by atoms with van der Waals surface area (Å²) in [5.41, 5.74) is -0.514. The van der Waals surface area contributed by atoms with Crippen molar-refractivity contribution < 1.29 is 19.4 Å². The van der Waals surface area contributed by atoms with Crippen molar-refractivity contribution in [1.82, 2.24) is 4.90 Å². The molecule has 1 N–H and O–H groups in total. The van der Waals surface area contributed by atoms with Gasteiger partial charge in [-0.2, -0.15) is 0 Å². The molecule has 1 saturated carbocycles. The van der Waals surface area contributed by atoms with Crippen molar-refractivity contribution in [2.45, 2.75) is 51.7 Å². The third kappa shape index (κ3) is 3.69. The summed E-state index contributed by atoms with van der Waals surface area (Å²) in [4.78, 5) is 24.5. The van der Waals surface area contributed by atoms with E-state index in [1.165, 1.54) is 4.90 Å². The maximum atomic E-state index is 11.9. The van der Waals surface area contributed by atoms with E-state index in [1.54, 1.807) is 20.8 Å². The van der Waals surface area contributed by atoms with Crippen LogP contribution in [0.3, 0.4) is 0 Å². The third-order valence-corrected chi connectivity index (χ3v) is 3.38. The molecule has 1 radical (unpaired) electrons. The van der Waals surface area contributed by atoms with Crippen LogP contribution in [0.1, 0.15) is 40.0 Å². The van der Waals surface area contributed by atoms with Gasteiger partial charge < -0.3 is 9.84 Å². The first-order valence-corrected chi connectivity index (χ1v) is 5.95. The van der Waals surface area contributed by atoms with Crippen LogP contribution in [0.4, 0.5) is 4.79 Å². The first kappa shape index (κ1) is 16.4. The van der Waals surface area contributed by atoms with Crippen LogP contribution in [0.15, 0.2) is 0 Å². The van der Waals surface area contributed by atoms with E-state index in [-0.39, 0.29) is 56.8 Å². The molecule has 1 atom stereocenters. The Bertz CT molecular complexity index is 360. The number of carbonyl (C=O) groups excluding carboxylic acids is 1. The number of carbonyl (C=O) groups is 2. The smallest absolute Gasteiger partial charge is 0.411 e. The Kier molecular flexibility index (Phi) is 4.93. The average Bonchev–Trinajstić information content (AvgIpc) is 2.73. The quantitative estimate of drug-likeness (QED) is 0.739. The Hall–Kier alpha value is 0.376. The number of carboxylic acids is 1. The van der Waals surface area contributed by atoms with Gasteiger partial charge in [-0.15, -0.1) is 0 Å². The van der Waals surface area contributed by atoms with E-state index in [0.29, 0.717) is 13.0 Å². The van der Waals surface area contributed by atoms with Gasteiger partial charge in [-0.05, 0) is 45.4 Å². The normalized spacial score (nSPS) is 24.6. The Balaban J connectivity index is 0.00000162. The molecule has 18 heavy (non-hydrogen) atoms. The zero-order valence-electron chi connectivity index (χ0n) is 11.5. The molecule has 5 nitrogen and oxygen atoms in total. The molecule has 97 valence electrons. The van der Waals surface area contributed by atoms with Crippen molar-refractivity contribution in [3.63, 3.8) is 0 Å². The van der Waals surface area contributed by atoms with Crippen LogP contribution in [0.5, 0.6) is 0 Å². The van der Waals surface area contributed by atoms with Crippen LogP contribution >= 0.6 is 0 Å². The van der Waals surface area contributed by atoms with Crippen molar-refractivity contribution >= 4 is 63.4 Å². The summed E-state index contributed by atoms with van der Waals surface area (Å²) >= 11 is 0. The molecule has 0 aromatic carbocycles. The largest absolute Gasteiger partial charge is 0.480 e. The van der Waals surface area contributed by atoms with Crippen LogP contribution in [0.25, 0.3) is 0 Å². The fraction of sp³-hybridized carbons (Fsp3) is 0.833. The SMILES string of the molecule is CC(C)(C)OC(=O)N1CC2(CC2)C[C@H]1C(=O)O.[K]. The number of rotatable bonds is 1. The Morgan fingerprint density at radius 1 is 1.33 bits per heavy atom. The molecule has 0 bridgehead atoms. The summed E-state index contributed by atoms with van der Waals surface area (Å²) in [7, 11) is 0. The summed E-state index contributed by atoms with van der Waals surface area (Å²) in [6.07, 6.45) is 2.11. The van der Waals surface area contributed by atoms with Crippen molar-refractivity contribution in [3.05, 3.63) is 0 Å². The molecule has 0 unspecified atom stereocenters. The van der Waals surface area contributed by atoms with Gasteiger partial charge in [0.2, 0.25) is 0 Å². The minimum atomic E-state index is -0.931. The van der Waals surface area contributed by atoms with Crippen molar-refractivity contribution in [3.8, 4) is 0 Å². The molecular formula is C12H19KNO4. The van der Waals surface area contributed by atoms with Gasteiger partial charge in [-0.1, -0.05) is 0 Å². The molecular weight excluding hydrogens is 261 g/mol. The molecule has 2 fully saturated rings. The number of likely N-dealkylation sites (tertiary alicyclic amines) is 1. The molecule has 1 aliphatic carbocycles. The second-order valence-corrected chi connectivity index (χ2v) is 6.17. The molecule has 1 spiro atoms. The molecule has 1 amide bonds. The van der Waals surface area contributed by atoms with E-state index < -0.39 is 23.7 Å². The number of hydrogen-bond donors (Lipinski definition) is 1. The van der Waals surface area contributed by atoms with Gasteiger partial charge in [-0.25, -0.2) is 9.59 Å². The first-order chi connectivity index (χ1) is 7.72. The topological polar surface area (TPSA) is 66.8 Å². The number of amides is 1. The van der Waals surface area contributed by atoms with Crippen molar-refractivity contribution in [2.24, 2.45) is 5.41 Å². The molecule has 2 rings (SSSR count). The molecule has 2 aliphatic rings. The van der Waals surface area contributed by atoms with Crippen LogP contribution in [0.2, 0.25) is 0 Å². The Morgan fingerprint density at radius 2 is 1.89 bits per heavy atom. The van der Waals surface area contributed by atoms with E-state index in [4.69, 9.17) is 9.84 Å². The third-order valence-electron chi connectivity index (χ3n) is 3.38. The van der Waals surface area contributed by atoms with E-state index >= 15 is 0 Å². The summed E-state index contributed by atoms with van der Waals surface area (Å²) in [6.45, 7) is 5.87. The second-order valence-electron chi connectivity index (χ2n) is 6.17. The van der Waals surface area contributed by atoms with E-state index in [2.05, 4.69) is 0 Å². The molecule has 1 aliphatic heterocycles. The number of ether oxygens (including phenoxy) is 1. The van der Waals surface area contributed by atoms with Crippen molar-refractivity contribution in [1.29, 1.82) is 0 Å². The molecule has 0 aromatic heterocycles. The Labute approximate surface area is 150 Å². The standard InChI is InChI=1S/C12H19NO4.K/c1-11(2,3)17-10(16)13-7-12(4-5-12)6-8(13)9(14)15;/h8H,4-7H2,1-3H3,(H,14,15);/t8-;/m0./s1. The van der Waals surface area contributed by atoms with Crippen LogP contribution in [-0.2, 0) is 9.53 Å². The summed E-state index contributed by atoms with van der Waals surface area (Å²) in [5.74, 6) is -0.931. The number of nitrogens with zero attached hydrogens (tertiary/aromatic N) is 1. The van der Waals surface area contributed by atoms with Crippen molar-refractivity contribution in [2.75, 3.05) is 6.54 Å². The van der Waals surface area contributed by atoms with E-state index in [0.717, 1.165) is 12.8 Å². The van der Waals surface area contributed by atoms with Gasteiger partial charge in [0.15, 0.2) is 0 Å². The van der Waals surface area contributed by atoms with Gasteiger partial charge in [0.1, 0.15) is 11.6 Å². The van der Waals surface area contributed by atoms with Gasteiger partial charge in [0, 0.05) is 57.9 Å². The maximum absolute atomic E-state index is 11.9. The van der Waals surface area contributed by atoms with Crippen LogP contribution < -0.4 is 0 Å². The predicted octanol–water partition coefficient (Wildman–Crippen LogP) is 1.48. The minimum absolute atomic E-state index is 0. The molecule has 1 heterocycles. The summed E-state index contributed by atoms with van der Waals surface area (Å²) in [6, 6.07) is -0.715. The zero-order valence-corrected chi connectivity index (χ0v) is 14.6. The van der Waals surface area contributed by atoms with Gasteiger partial charge in [0.05, 0.1) is 0 Å². The maximum Gasteiger partial charge on any atom is 0.411 e. The van der Waals surface area contributed by atoms with E-state index in [1.807, 2.05) is 0 Å². The van der Waals surface area contributed by atoms with Crippen LogP contribution in [0, 0.1) is 5.41 Å². The number of carboxylic acid groups (broad SMARTS) is 1. The van der Waals surface area contributed by atoms with Gasteiger partial charge in [-0.3, -0.25) is 4.90 Å². The molecule has 1 saturated heterocycles. The zero-order chi connectivity index (χ0) is 12.8. The molecule has 6 heteroatoms. The van der Waals surface area contributed by atoms with Gasteiger partial charge in [0.25, 0.3) is 0 Å². The predicted molar refractivity (Wildman–Crippen MR) is 66.4 cm³/mol. The van der Waals surface area contributed by atoms with Gasteiger partial charge >= 0.3 is 12.1 Å². The average molecular weight is 280 g/mol. The number of aliphatic carboxylic acids is 1. The van der Waals surface area contributed by atoms with E-state index in [9.17, 15) is 9.59 Å². The fourth-order valence-electron chi connectivity index (χ4n) is 2.33. The summed E-state index contributed by atoms with van der Waals surface area (Å²) < 4.78 is 5.25. The fourth-order valence-corrected chi connectivity index (χ4v) is 2.33. The summed E-state index contributed by atoms with van der Waals surface area (Å²) in [5, 5.41) is 9.14. The Morgan fingerprint density at radius 3 is 2.28 bits per heavy atom. The first-order valence-electron chi connectivity index (χ1n) is 5.95. The second kappa shape index (κ2) is 5.40.